The van der Waals surface area contributed by atoms with E-state index in [2.05, 4.69) is 5.32 Å². The van der Waals surface area contributed by atoms with Crippen molar-refractivity contribution in [1.82, 2.24) is 5.32 Å². The zero-order valence-corrected chi connectivity index (χ0v) is 18.6. The predicted octanol–water partition coefficient (Wildman–Crippen LogP) is 5.03. The Bertz CT molecular complexity index is 1030. The molecule has 0 fully saturated rings. The number of alkyl carbamates (subject to hydrolysis) is 1. The monoisotopic (exact) mass is 470 g/mol. The van der Waals surface area contributed by atoms with Crippen LogP contribution in [-0.2, 0) is 16.0 Å². The normalized spacial score (nSPS) is 12.1. The number of benzene rings is 2. The van der Waals surface area contributed by atoms with Crippen molar-refractivity contribution >= 4 is 35.1 Å². The molecule has 0 aromatic heterocycles. The van der Waals surface area contributed by atoms with Crippen LogP contribution in [0.3, 0.4) is 0 Å². The van der Waals surface area contributed by atoms with Crippen molar-refractivity contribution < 1.29 is 32.3 Å². The van der Waals surface area contributed by atoms with E-state index in [1.807, 2.05) is 5.32 Å². The summed E-state index contributed by atoms with van der Waals surface area (Å²) in [4.78, 5) is 37.2. The standard InChI is InChI=1S/C22H22ClF3N2O4/c1-11(27-21(31)32-22(2,3)4)17(29)8-12-6-5-7-14(23)18(12)20(30)28-19-15(25)9-13(24)10-16(19)26/h5-7,9-11H,8H2,1-4H3,(H,27,31)(H,28,30)/t11-/m0/s1. The van der Waals surface area contributed by atoms with Crippen LogP contribution in [0.5, 0.6) is 0 Å². The van der Waals surface area contributed by atoms with Crippen molar-refractivity contribution in [2.24, 2.45) is 0 Å². The highest BCUT2D eigenvalue weighted by Gasteiger charge is 2.24. The highest BCUT2D eigenvalue weighted by atomic mass is 35.5. The van der Waals surface area contributed by atoms with E-state index in [4.69, 9.17) is 16.3 Å². The van der Waals surface area contributed by atoms with Crippen LogP contribution in [0.4, 0.5) is 23.7 Å². The minimum atomic E-state index is -1.31. The molecule has 0 heterocycles. The van der Waals surface area contributed by atoms with E-state index in [0.717, 1.165) is 0 Å². The number of hydrogen-bond acceptors (Lipinski definition) is 4. The van der Waals surface area contributed by atoms with Crippen molar-refractivity contribution in [2.45, 2.75) is 45.8 Å². The van der Waals surface area contributed by atoms with Crippen LogP contribution in [-0.4, -0.2) is 29.4 Å². The number of rotatable bonds is 6. The Morgan fingerprint density at radius 1 is 1.09 bits per heavy atom. The SMILES string of the molecule is C[C@H](NC(=O)OC(C)(C)C)C(=O)Cc1cccc(Cl)c1C(=O)Nc1c(F)cc(F)cc1F. The molecule has 0 radical (unpaired) electrons. The van der Waals surface area contributed by atoms with Gasteiger partial charge in [-0.15, -0.1) is 0 Å². The Kier molecular flexibility index (Phi) is 7.90. The van der Waals surface area contributed by atoms with E-state index >= 15 is 0 Å². The minimum absolute atomic E-state index is 0.0662. The zero-order chi connectivity index (χ0) is 24.2. The third kappa shape index (κ3) is 6.71. The number of carbonyl (C=O) groups is 3. The molecule has 0 spiro atoms. The van der Waals surface area contributed by atoms with Crippen molar-refractivity contribution in [3.05, 3.63) is 63.9 Å². The molecule has 32 heavy (non-hydrogen) atoms. The summed E-state index contributed by atoms with van der Waals surface area (Å²) in [5, 5.41) is 4.36. The first-order chi connectivity index (χ1) is 14.8. The van der Waals surface area contributed by atoms with E-state index in [9.17, 15) is 27.6 Å². The first-order valence-corrected chi connectivity index (χ1v) is 9.92. The third-order valence-electron chi connectivity index (χ3n) is 4.15. The lowest BCUT2D eigenvalue weighted by atomic mass is 9.99. The van der Waals surface area contributed by atoms with E-state index in [1.165, 1.54) is 25.1 Å². The largest absolute Gasteiger partial charge is 0.444 e. The Labute approximate surface area is 188 Å². The lowest BCUT2D eigenvalue weighted by molar-refractivity contribution is -0.120. The Morgan fingerprint density at radius 2 is 1.69 bits per heavy atom. The number of ether oxygens (including phenoxy) is 1. The smallest absolute Gasteiger partial charge is 0.408 e. The highest BCUT2D eigenvalue weighted by Crippen LogP contribution is 2.25. The molecule has 0 saturated carbocycles. The molecule has 0 unspecified atom stereocenters. The lowest BCUT2D eigenvalue weighted by Crippen LogP contribution is -2.42. The Morgan fingerprint density at radius 3 is 2.25 bits per heavy atom. The summed E-state index contributed by atoms with van der Waals surface area (Å²) >= 11 is 6.11. The second kappa shape index (κ2) is 10.0. The summed E-state index contributed by atoms with van der Waals surface area (Å²) in [6.07, 6.45) is -1.10. The second-order valence-corrected chi connectivity index (χ2v) is 8.39. The van der Waals surface area contributed by atoms with Gasteiger partial charge >= 0.3 is 6.09 Å². The van der Waals surface area contributed by atoms with Gasteiger partial charge in [-0.05, 0) is 39.3 Å². The summed E-state index contributed by atoms with van der Waals surface area (Å²) in [5.74, 6) is -5.22. The summed E-state index contributed by atoms with van der Waals surface area (Å²) in [5.41, 5.74) is -1.62. The first kappa shape index (κ1) is 25.2. The summed E-state index contributed by atoms with van der Waals surface area (Å²) in [6.45, 7) is 6.45. The van der Waals surface area contributed by atoms with Crippen LogP contribution < -0.4 is 10.6 Å². The van der Waals surface area contributed by atoms with Gasteiger partial charge in [-0.25, -0.2) is 18.0 Å². The lowest BCUT2D eigenvalue weighted by Gasteiger charge is -2.21. The third-order valence-corrected chi connectivity index (χ3v) is 4.47. The molecular formula is C22H22ClF3N2O4. The van der Waals surface area contributed by atoms with Crippen LogP contribution in [0.15, 0.2) is 30.3 Å². The number of nitrogens with one attached hydrogen (secondary N) is 2. The molecule has 0 aliphatic rings. The maximum absolute atomic E-state index is 13.9. The fourth-order valence-electron chi connectivity index (χ4n) is 2.71. The molecule has 0 saturated heterocycles. The van der Waals surface area contributed by atoms with Gasteiger partial charge in [0.05, 0.1) is 16.6 Å². The van der Waals surface area contributed by atoms with Crippen molar-refractivity contribution in [2.75, 3.05) is 5.32 Å². The molecule has 0 bridgehead atoms. The average Bonchev–Trinajstić information content (AvgIpc) is 2.62. The number of Topliss-reactive ketones (excluding diaryl/α,β-unsaturated/α-hetero) is 1. The molecule has 172 valence electrons. The summed E-state index contributed by atoms with van der Waals surface area (Å²) < 4.78 is 46.0. The summed E-state index contributed by atoms with van der Waals surface area (Å²) in [7, 11) is 0. The van der Waals surface area contributed by atoms with E-state index < -0.39 is 52.6 Å². The van der Waals surface area contributed by atoms with Gasteiger partial charge < -0.3 is 15.4 Å². The molecule has 0 aliphatic carbocycles. The summed E-state index contributed by atoms with van der Waals surface area (Å²) in [6, 6.07) is 4.18. The van der Waals surface area contributed by atoms with E-state index in [-0.39, 0.29) is 22.6 Å². The molecule has 2 aromatic rings. The number of hydrogen-bond donors (Lipinski definition) is 2. The highest BCUT2D eigenvalue weighted by molar-refractivity contribution is 6.34. The second-order valence-electron chi connectivity index (χ2n) is 7.98. The average molecular weight is 471 g/mol. The fraction of sp³-hybridized carbons (Fsp3) is 0.318. The molecule has 2 amide bonds. The molecule has 10 heteroatoms. The maximum Gasteiger partial charge on any atom is 0.408 e. The Balaban J connectivity index is 2.22. The maximum atomic E-state index is 13.9. The number of halogens is 4. The molecule has 2 aromatic carbocycles. The van der Waals surface area contributed by atoms with Gasteiger partial charge in [-0.1, -0.05) is 23.7 Å². The molecule has 0 aliphatic heterocycles. The zero-order valence-electron chi connectivity index (χ0n) is 17.8. The van der Waals surface area contributed by atoms with Crippen LogP contribution in [0.25, 0.3) is 0 Å². The fourth-order valence-corrected chi connectivity index (χ4v) is 2.99. The quantitative estimate of drug-likeness (QED) is 0.620. The molecule has 6 nitrogen and oxygen atoms in total. The molecular weight excluding hydrogens is 449 g/mol. The van der Waals surface area contributed by atoms with Gasteiger partial charge in [0.15, 0.2) is 17.4 Å². The van der Waals surface area contributed by atoms with Crippen LogP contribution in [0.2, 0.25) is 5.02 Å². The molecule has 2 rings (SSSR count). The van der Waals surface area contributed by atoms with Crippen molar-refractivity contribution in [1.29, 1.82) is 0 Å². The van der Waals surface area contributed by atoms with Gasteiger partial charge in [0.2, 0.25) is 0 Å². The van der Waals surface area contributed by atoms with E-state index in [1.54, 1.807) is 20.8 Å². The molecule has 2 N–H and O–H groups in total. The number of amides is 2. The van der Waals surface area contributed by atoms with Gasteiger partial charge in [-0.2, -0.15) is 0 Å². The van der Waals surface area contributed by atoms with Crippen molar-refractivity contribution in [3.8, 4) is 0 Å². The van der Waals surface area contributed by atoms with Crippen LogP contribution in [0, 0.1) is 17.5 Å². The van der Waals surface area contributed by atoms with Gasteiger partial charge in [0.25, 0.3) is 5.91 Å². The topological polar surface area (TPSA) is 84.5 Å². The number of ketones is 1. The van der Waals surface area contributed by atoms with Gasteiger partial charge in [-0.3, -0.25) is 9.59 Å². The Hall–Kier alpha value is -3.07. The number of anilines is 1. The number of carbonyl (C=O) groups excluding carboxylic acids is 3. The first-order valence-electron chi connectivity index (χ1n) is 9.54. The van der Waals surface area contributed by atoms with Gasteiger partial charge in [0.1, 0.15) is 17.1 Å². The van der Waals surface area contributed by atoms with Crippen molar-refractivity contribution in [3.63, 3.8) is 0 Å². The molecule has 1 atom stereocenters. The minimum Gasteiger partial charge on any atom is -0.444 e. The van der Waals surface area contributed by atoms with E-state index in [0.29, 0.717) is 12.1 Å². The van der Waals surface area contributed by atoms with Gasteiger partial charge in [0, 0.05) is 18.6 Å². The predicted molar refractivity (Wildman–Crippen MR) is 113 cm³/mol. The van der Waals surface area contributed by atoms with Crippen LogP contribution in [0.1, 0.15) is 43.6 Å². The van der Waals surface area contributed by atoms with Crippen LogP contribution >= 0.6 is 11.6 Å².